The lowest BCUT2D eigenvalue weighted by molar-refractivity contribution is 0.0591. The van der Waals surface area contributed by atoms with E-state index in [2.05, 4.69) is 15.3 Å². The molecule has 0 radical (unpaired) electrons. The number of methoxy groups -OCH3 is 1. The van der Waals surface area contributed by atoms with Crippen LogP contribution in [0.3, 0.4) is 0 Å². The maximum absolute atomic E-state index is 14.2. The van der Waals surface area contributed by atoms with E-state index in [0.717, 1.165) is 5.69 Å². The smallest absolute Gasteiger partial charge is 0.362 e. The van der Waals surface area contributed by atoms with Gasteiger partial charge in [-0.15, -0.1) is 11.3 Å². The number of hydrogen-bond acceptors (Lipinski definition) is 8. The second-order valence-corrected chi connectivity index (χ2v) is 8.63. The van der Waals surface area contributed by atoms with Gasteiger partial charge in [0.05, 0.1) is 29.5 Å². The van der Waals surface area contributed by atoms with Gasteiger partial charge < -0.3 is 10.1 Å². The van der Waals surface area contributed by atoms with E-state index in [1.165, 1.54) is 29.2 Å². The van der Waals surface area contributed by atoms with Crippen LogP contribution in [0.2, 0.25) is 0 Å². The predicted octanol–water partition coefficient (Wildman–Crippen LogP) is 5.09. The van der Waals surface area contributed by atoms with Crippen molar-refractivity contribution in [1.29, 1.82) is 0 Å². The molecule has 1 N–H and O–H groups in total. The molecule has 5 aromatic rings. The Balaban J connectivity index is 1.59. The highest BCUT2D eigenvalue weighted by atomic mass is 32.1. The van der Waals surface area contributed by atoms with Crippen LogP contribution in [0.15, 0.2) is 83.0 Å². The van der Waals surface area contributed by atoms with Gasteiger partial charge in [-0.1, -0.05) is 30.3 Å². The van der Waals surface area contributed by atoms with Crippen molar-refractivity contribution >= 4 is 44.8 Å². The van der Waals surface area contributed by atoms with Gasteiger partial charge in [0.1, 0.15) is 5.82 Å². The molecule has 3 aromatic carbocycles. The van der Waals surface area contributed by atoms with Crippen LogP contribution in [0.4, 0.5) is 20.9 Å². The van der Waals surface area contributed by atoms with Crippen LogP contribution in [-0.4, -0.2) is 34.8 Å². The Morgan fingerprint density at radius 2 is 1.81 bits per heavy atom. The van der Waals surface area contributed by atoms with Gasteiger partial charge in [-0.3, -0.25) is 9.80 Å². The van der Waals surface area contributed by atoms with Gasteiger partial charge in [-0.2, -0.15) is 0 Å². The molecule has 0 aliphatic carbocycles. The summed E-state index contributed by atoms with van der Waals surface area (Å²) in [7, 11) is 2.92. The molecular formula is C26H20FN5O3S. The lowest BCUT2D eigenvalue weighted by Gasteiger charge is -2.24. The van der Waals surface area contributed by atoms with Crippen LogP contribution in [-0.2, 0) is 4.74 Å². The summed E-state index contributed by atoms with van der Waals surface area (Å²) in [6.07, 6.45) is 0. The highest BCUT2D eigenvalue weighted by molar-refractivity contribution is 7.14. The summed E-state index contributed by atoms with van der Waals surface area (Å²) in [6.45, 7) is 0. The average molecular weight is 502 g/mol. The molecule has 0 fully saturated rings. The molecule has 0 bridgehead atoms. The Morgan fingerprint density at radius 1 is 1.06 bits per heavy atom. The average Bonchev–Trinajstić information content (AvgIpc) is 3.36. The number of carbonyl (C=O) groups excluding carboxylic acids is 1. The molecular weight excluding hydrogens is 481 g/mol. The van der Waals surface area contributed by atoms with Crippen molar-refractivity contribution < 1.29 is 13.9 Å². The normalized spacial score (nSPS) is 10.9. The predicted molar refractivity (Wildman–Crippen MR) is 138 cm³/mol. The zero-order valence-corrected chi connectivity index (χ0v) is 20.1. The van der Waals surface area contributed by atoms with Crippen LogP contribution in [0.5, 0.6) is 0 Å². The first-order valence-corrected chi connectivity index (χ1v) is 11.8. The number of esters is 1. The van der Waals surface area contributed by atoms with Gasteiger partial charge in [-0.05, 0) is 42.5 Å². The molecule has 8 nitrogen and oxygen atoms in total. The summed E-state index contributed by atoms with van der Waals surface area (Å²) in [5.41, 5.74) is 2.26. The van der Waals surface area contributed by atoms with Gasteiger partial charge in [0, 0.05) is 23.7 Å². The molecule has 5 rings (SSSR count). The molecule has 2 heterocycles. The van der Waals surface area contributed by atoms with Crippen LogP contribution < -0.4 is 15.9 Å². The van der Waals surface area contributed by atoms with Gasteiger partial charge in [0.15, 0.2) is 5.13 Å². The third-order valence-electron chi connectivity index (χ3n) is 5.54. The third-order valence-corrected chi connectivity index (χ3v) is 6.30. The number of rotatable bonds is 6. The van der Waals surface area contributed by atoms with E-state index in [1.807, 2.05) is 30.3 Å². The molecule has 0 saturated carbocycles. The van der Waals surface area contributed by atoms with Crippen molar-refractivity contribution in [3.63, 3.8) is 0 Å². The Hall–Kier alpha value is -4.57. The highest BCUT2D eigenvalue weighted by Crippen LogP contribution is 2.29. The monoisotopic (exact) mass is 501 g/mol. The maximum atomic E-state index is 14.2. The molecule has 0 saturated heterocycles. The molecule has 0 unspecified atom stereocenters. The first-order valence-electron chi connectivity index (χ1n) is 10.9. The molecule has 36 heavy (non-hydrogen) atoms. The Labute approximate surface area is 209 Å². The number of thiazole rings is 1. The van der Waals surface area contributed by atoms with Crippen molar-refractivity contribution in [3.8, 4) is 11.3 Å². The summed E-state index contributed by atoms with van der Waals surface area (Å²) >= 11 is 1.33. The summed E-state index contributed by atoms with van der Waals surface area (Å²) in [5, 5.41) is 7.17. The van der Waals surface area contributed by atoms with Gasteiger partial charge in [-0.25, -0.2) is 23.8 Å². The number of ether oxygens (including phenoxy) is 1. The van der Waals surface area contributed by atoms with Crippen LogP contribution in [0, 0.1) is 5.82 Å². The number of hydrogen-bond donors (Lipinski definition) is 1. The number of aromatic nitrogens is 3. The number of para-hydroxylation sites is 1. The number of halogens is 1. The van der Waals surface area contributed by atoms with Crippen molar-refractivity contribution in [1.82, 2.24) is 14.6 Å². The topological polar surface area (TPSA) is 89.3 Å². The molecule has 0 aliphatic rings. The molecule has 2 aromatic heterocycles. The number of nitrogens with zero attached hydrogens (tertiary/aromatic N) is 4. The zero-order chi connectivity index (χ0) is 25.2. The summed E-state index contributed by atoms with van der Waals surface area (Å²) in [6, 6.07) is 20.9. The molecule has 0 aliphatic heterocycles. The van der Waals surface area contributed by atoms with Crippen molar-refractivity contribution in [2.45, 2.75) is 0 Å². The van der Waals surface area contributed by atoms with E-state index in [9.17, 15) is 14.0 Å². The largest absolute Gasteiger partial charge is 0.464 e. The number of fused-ring (bicyclic) bond motifs is 1. The fraction of sp³-hybridized carbons (Fsp3) is 0.0769. The van der Waals surface area contributed by atoms with Crippen LogP contribution >= 0.6 is 11.3 Å². The third kappa shape index (κ3) is 4.29. The van der Waals surface area contributed by atoms with E-state index < -0.39 is 11.5 Å². The minimum Gasteiger partial charge on any atom is -0.464 e. The van der Waals surface area contributed by atoms with E-state index >= 15 is 0 Å². The second-order valence-electron chi connectivity index (χ2n) is 7.77. The Morgan fingerprint density at radius 3 is 2.56 bits per heavy atom. The first-order chi connectivity index (χ1) is 17.5. The second kappa shape index (κ2) is 9.59. The fourth-order valence-corrected chi connectivity index (χ4v) is 4.51. The number of nitrogens with one attached hydrogen (secondary N) is 1. The van der Waals surface area contributed by atoms with Crippen LogP contribution in [0.25, 0.3) is 22.3 Å². The minimum absolute atomic E-state index is 0.317. The van der Waals surface area contributed by atoms with Crippen molar-refractivity contribution in [2.24, 2.45) is 0 Å². The Bertz CT molecular complexity index is 1630. The number of anilines is 3. The highest BCUT2D eigenvalue weighted by Gasteiger charge is 2.21. The number of carbonyl (C=O) groups is 1. The van der Waals surface area contributed by atoms with E-state index in [1.54, 1.807) is 53.8 Å². The maximum Gasteiger partial charge on any atom is 0.362 e. The molecule has 0 atom stereocenters. The zero-order valence-electron chi connectivity index (χ0n) is 19.3. The fourth-order valence-electron chi connectivity index (χ4n) is 3.78. The minimum atomic E-state index is -0.817. The van der Waals surface area contributed by atoms with Crippen LogP contribution in [0.1, 0.15) is 10.5 Å². The first kappa shape index (κ1) is 23.2. The van der Waals surface area contributed by atoms with E-state index in [4.69, 9.17) is 4.74 Å². The van der Waals surface area contributed by atoms with Crippen molar-refractivity contribution in [3.05, 3.63) is 100 Å². The molecule has 0 spiro atoms. The standard InChI is InChI=1S/C26H20FN5O3S/c1-31(17-8-4-3-5-9-17)32-22-14-16(12-13-20(22)29-23(24(32)33)25(34)35-2)28-26-30-21(15-36-26)18-10-6-7-11-19(18)27/h3-15H,1-2H3,(H,28,30). The molecule has 10 heteroatoms. The van der Waals surface area contributed by atoms with Gasteiger partial charge in [0.25, 0.3) is 0 Å². The van der Waals surface area contributed by atoms with Gasteiger partial charge in [0.2, 0.25) is 5.69 Å². The lowest BCUT2D eigenvalue weighted by Crippen LogP contribution is -2.39. The Kier molecular flexibility index (Phi) is 6.17. The molecule has 180 valence electrons. The molecule has 0 amide bonds. The van der Waals surface area contributed by atoms with E-state index in [-0.39, 0.29) is 11.5 Å². The summed E-state index contributed by atoms with van der Waals surface area (Å²) < 4.78 is 20.3. The summed E-state index contributed by atoms with van der Waals surface area (Å²) in [4.78, 5) is 34.4. The SMILES string of the molecule is COC(=O)c1nc2ccc(Nc3nc(-c4ccccc4F)cs3)cc2n(N(C)c2ccccc2)c1=O. The quantitative estimate of drug-likeness (QED) is 0.324. The lowest BCUT2D eigenvalue weighted by atomic mass is 10.2. The number of benzene rings is 3. The summed E-state index contributed by atoms with van der Waals surface area (Å²) in [5.74, 6) is -1.16. The van der Waals surface area contributed by atoms with Crippen molar-refractivity contribution in [2.75, 3.05) is 24.5 Å². The van der Waals surface area contributed by atoms with Gasteiger partial charge >= 0.3 is 11.5 Å². The van der Waals surface area contributed by atoms with E-state index in [0.29, 0.717) is 33.1 Å².